The van der Waals surface area contributed by atoms with Crippen LogP contribution in [0.15, 0.2) is 47.4 Å². The Balaban J connectivity index is 1.46. The fourth-order valence-corrected chi connectivity index (χ4v) is 5.91. The summed E-state index contributed by atoms with van der Waals surface area (Å²) in [5.41, 5.74) is 1.21. The molecule has 2 aromatic carbocycles. The zero-order valence-corrected chi connectivity index (χ0v) is 19.9. The van der Waals surface area contributed by atoms with Gasteiger partial charge in [-0.15, -0.1) is 0 Å². The quantitative estimate of drug-likeness (QED) is 0.667. The Morgan fingerprint density at radius 1 is 1.12 bits per heavy atom. The summed E-state index contributed by atoms with van der Waals surface area (Å²) in [4.78, 5) is 26.9. The molecule has 1 atom stereocenters. The molecule has 10 heteroatoms. The van der Waals surface area contributed by atoms with Crippen LogP contribution in [0.2, 0.25) is 5.02 Å². The molecular formula is C23H26ClN3O5S. The maximum atomic E-state index is 13.0. The minimum atomic E-state index is -3.71. The Kier molecular flexibility index (Phi) is 6.92. The third-order valence-electron chi connectivity index (χ3n) is 6.02. The van der Waals surface area contributed by atoms with E-state index < -0.39 is 15.9 Å². The van der Waals surface area contributed by atoms with Crippen LogP contribution in [-0.4, -0.2) is 51.3 Å². The van der Waals surface area contributed by atoms with Gasteiger partial charge < -0.3 is 15.0 Å². The van der Waals surface area contributed by atoms with Gasteiger partial charge in [-0.1, -0.05) is 11.6 Å². The van der Waals surface area contributed by atoms with Crippen LogP contribution in [0.4, 0.5) is 11.4 Å². The van der Waals surface area contributed by atoms with Crippen molar-refractivity contribution in [1.82, 2.24) is 4.31 Å². The Labute approximate surface area is 198 Å². The van der Waals surface area contributed by atoms with Crippen molar-refractivity contribution in [2.24, 2.45) is 5.92 Å². The van der Waals surface area contributed by atoms with E-state index in [1.54, 1.807) is 23.1 Å². The maximum Gasteiger partial charge on any atom is 0.243 e. The SMILES string of the molecule is COc1cc(NC(=O)C2CCCN(S(=O)(=O)c3ccc(Cl)cc3)C2)ccc1N1CCCC1=O. The Hall–Kier alpha value is -2.62. The van der Waals surface area contributed by atoms with Crippen molar-refractivity contribution in [2.45, 2.75) is 30.6 Å². The molecule has 176 valence electrons. The summed E-state index contributed by atoms with van der Waals surface area (Å²) in [6.07, 6.45) is 2.50. The molecule has 0 radical (unpaired) electrons. The number of methoxy groups -OCH3 is 1. The third kappa shape index (κ3) is 5.00. The molecule has 2 aliphatic heterocycles. The van der Waals surface area contributed by atoms with Gasteiger partial charge in [0.25, 0.3) is 0 Å². The first-order chi connectivity index (χ1) is 15.8. The number of benzene rings is 2. The molecule has 2 amide bonds. The van der Waals surface area contributed by atoms with E-state index in [1.807, 2.05) is 0 Å². The topological polar surface area (TPSA) is 96.0 Å². The van der Waals surface area contributed by atoms with Crippen molar-refractivity contribution < 1.29 is 22.7 Å². The van der Waals surface area contributed by atoms with Crippen LogP contribution in [-0.2, 0) is 19.6 Å². The molecule has 2 saturated heterocycles. The smallest absolute Gasteiger partial charge is 0.243 e. The van der Waals surface area contributed by atoms with Gasteiger partial charge in [-0.25, -0.2) is 8.42 Å². The summed E-state index contributed by atoms with van der Waals surface area (Å²) in [6.45, 7) is 1.11. The lowest BCUT2D eigenvalue weighted by Crippen LogP contribution is -2.43. The average Bonchev–Trinajstić information content (AvgIpc) is 3.25. The summed E-state index contributed by atoms with van der Waals surface area (Å²) < 4.78 is 32.8. The van der Waals surface area contributed by atoms with Crippen molar-refractivity contribution in [3.8, 4) is 5.75 Å². The predicted molar refractivity (Wildman–Crippen MR) is 126 cm³/mol. The summed E-state index contributed by atoms with van der Waals surface area (Å²) in [5, 5.41) is 3.33. The fourth-order valence-electron chi connectivity index (χ4n) is 4.26. The number of carbonyl (C=O) groups excluding carboxylic acids is 2. The van der Waals surface area contributed by atoms with Gasteiger partial charge in [-0.3, -0.25) is 9.59 Å². The molecule has 2 aliphatic rings. The van der Waals surface area contributed by atoms with Gasteiger partial charge in [-0.2, -0.15) is 4.31 Å². The van der Waals surface area contributed by atoms with Gasteiger partial charge in [0.15, 0.2) is 0 Å². The number of nitrogens with one attached hydrogen (secondary N) is 1. The summed E-state index contributed by atoms with van der Waals surface area (Å²) in [7, 11) is -2.19. The average molecular weight is 492 g/mol. The number of sulfonamides is 1. The minimum absolute atomic E-state index is 0.0503. The normalized spacial score (nSPS) is 19.5. The third-order valence-corrected chi connectivity index (χ3v) is 8.15. The molecule has 4 rings (SSSR count). The first-order valence-electron chi connectivity index (χ1n) is 10.8. The summed E-state index contributed by atoms with van der Waals surface area (Å²) in [6, 6.07) is 11.2. The van der Waals surface area contributed by atoms with Gasteiger partial charge in [0.05, 0.1) is 23.6 Å². The van der Waals surface area contributed by atoms with E-state index >= 15 is 0 Å². The molecule has 1 N–H and O–H groups in total. The second-order valence-electron chi connectivity index (χ2n) is 8.18. The Morgan fingerprint density at radius 2 is 1.88 bits per heavy atom. The number of nitrogens with zero attached hydrogens (tertiary/aromatic N) is 2. The van der Waals surface area contributed by atoms with E-state index in [2.05, 4.69) is 5.32 Å². The van der Waals surface area contributed by atoms with Crippen LogP contribution in [0.1, 0.15) is 25.7 Å². The predicted octanol–water partition coefficient (Wildman–Crippen LogP) is 3.51. The molecule has 2 aromatic rings. The highest BCUT2D eigenvalue weighted by Crippen LogP contribution is 2.34. The lowest BCUT2D eigenvalue weighted by atomic mass is 9.98. The Morgan fingerprint density at radius 3 is 2.55 bits per heavy atom. The minimum Gasteiger partial charge on any atom is -0.494 e. The number of piperidine rings is 1. The van der Waals surface area contributed by atoms with Crippen LogP contribution >= 0.6 is 11.6 Å². The van der Waals surface area contributed by atoms with Crippen LogP contribution in [0.5, 0.6) is 5.75 Å². The molecule has 0 aliphatic carbocycles. The monoisotopic (exact) mass is 491 g/mol. The van der Waals surface area contributed by atoms with Crippen LogP contribution in [0.25, 0.3) is 0 Å². The fraction of sp³-hybridized carbons (Fsp3) is 0.391. The van der Waals surface area contributed by atoms with Gasteiger partial charge in [0, 0.05) is 42.8 Å². The van der Waals surface area contributed by atoms with E-state index in [1.165, 1.54) is 35.7 Å². The number of anilines is 2. The van der Waals surface area contributed by atoms with E-state index in [0.717, 1.165) is 6.42 Å². The summed E-state index contributed by atoms with van der Waals surface area (Å²) >= 11 is 5.88. The standard InChI is InChI=1S/C23H26ClN3O5S/c1-32-21-14-18(8-11-20(21)27-13-3-5-22(27)28)25-23(29)16-4-2-12-26(15-16)33(30,31)19-9-6-17(24)7-10-19/h6-11,14,16H,2-5,12-13,15H2,1H3,(H,25,29). The van der Waals surface area contributed by atoms with Crippen LogP contribution < -0.4 is 15.0 Å². The van der Waals surface area contributed by atoms with Gasteiger partial charge >= 0.3 is 0 Å². The van der Waals surface area contributed by atoms with Crippen molar-refractivity contribution in [2.75, 3.05) is 37.0 Å². The van der Waals surface area contributed by atoms with Crippen molar-refractivity contribution >= 4 is 44.8 Å². The maximum absolute atomic E-state index is 13.0. The zero-order valence-electron chi connectivity index (χ0n) is 18.3. The van der Waals surface area contributed by atoms with E-state index in [-0.39, 0.29) is 23.3 Å². The molecule has 0 bridgehead atoms. The second kappa shape index (κ2) is 9.70. The molecule has 0 spiro atoms. The van der Waals surface area contributed by atoms with E-state index in [4.69, 9.17) is 16.3 Å². The molecular weight excluding hydrogens is 466 g/mol. The first-order valence-corrected chi connectivity index (χ1v) is 12.7. The number of halogens is 1. The molecule has 1 unspecified atom stereocenters. The lowest BCUT2D eigenvalue weighted by molar-refractivity contribution is -0.121. The highest BCUT2D eigenvalue weighted by Gasteiger charge is 2.33. The van der Waals surface area contributed by atoms with E-state index in [0.29, 0.717) is 54.5 Å². The Bertz CT molecular complexity index is 1150. The number of ether oxygens (including phenoxy) is 1. The van der Waals surface area contributed by atoms with Crippen LogP contribution in [0, 0.1) is 5.92 Å². The lowest BCUT2D eigenvalue weighted by Gasteiger charge is -2.31. The molecule has 2 heterocycles. The molecule has 8 nitrogen and oxygen atoms in total. The molecule has 33 heavy (non-hydrogen) atoms. The second-order valence-corrected chi connectivity index (χ2v) is 10.6. The number of carbonyl (C=O) groups is 2. The van der Waals surface area contributed by atoms with Gasteiger partial charge in [-0.05, 0) is 55.7 Å². The highest BCUT2D eigenvalue weighted by molar-refractivity contribution is 7.89. The number of amides is 2. The number of hydrogen-bond acceptors (Lipinski definition) is 5. The van der Waals surface area contributed by atoms with Gasteiger partial charge in [0.1, 0.15) is 5.75 Å². The molecule has 0 aromatic heterocycles. The van der Waals surface area contributed by atoms with Gasteiger partial charge in [0.2, 0.25) is 21.8 Å². The van der Waals surface area contributed by atoms with Crippen molar-refractivity contribution in [3.63, 3.8) is 0 Å². The number of rotatable bonds is 6. The highest BCUT2D eigenvalue weighted by atomic mass is 35.5. The van der Waals surface area contributed by atoms with Crippen LogP contribution in [0.3, 0.4) is 0 Å². The largest absolute Gasteiger partial charge is 0.494 e. The molecule has 0 saturated carbocycles. The van der Waals surface area contributed by atoms with E-state index in [9.17, 15) is 18.0 Å². The number of hydrogen-bond donors (Lipinski definition) is 1. The van der Waals surface area contributed by atoms with Crippen molar-refractivity contribution in [1.29, 1.82) is 0 Å². The molecule has 2 fully saturated rings. The summed E-state index contributed by atoms with van der Waals surface area (Å²) in [5.74, 6) is -0.183. The zero-order chi connectivity index (χ0) is 23.6. The van der Waals surface area contributed by atoms with Crippen molar-refractivity contribution in [3.05, 3.63) is 47.5 Å². The first kappa shape index (κ1) is 23.5.